The van der Waals surface area contributed by atoms with Crippen LogP contribution in [0.5, 0.6) is 0 Å². The fourth-order valence-corrected chi connectivity index (χ4v) is 3.97. The first-order chi connectivity index (χ1) is 8.65. The van der Waals surface area contributed by atoms with Crippen LogP contribution in [-0.4, -0.2) is 23.9 Å². The Morgan fingerprint density at radius 2 is 1.94 bits per heavy atom. The average molecular weight is 376 g/mol. The number of carbonyl (C=O) groups excluding carboxylic acids is 1. The van der Waals surface area contributed by atoms with Gasteiger partial charge in [-0.05, 0) is 65.5 Å². The van der Waals surface area contributed by atoms with Crippen LogP contribution in [0.1, 0.15) is 29.6 Å². The molecular formula is C14H15ClINO. The van der Waals surface area contributed by atoms with E-state index in [0.29, 0.717) is 5.02 Å². The third-order valence-electron chi connectivity index (χ3n) is 4.17. The fraction of sp³-hybridized carbons (Fsp3) is 0.500. The van der Waals surface area contributed by atoms with Crippen LogP contribution in [0.15, 0.2) is 18.2 Å². The van der Waals surface area contributed by atoms with E-state index in [4.69, 9.17) is 11.6 Å². The monoisotopic (exact) mass is 375 g/mol. The number of benzene rings is 1. The van der Waals surface area contributed by atoms with Gasteiger partial charge in [-0.15, -0.1) is 0 Å². The van der Waals surface area contributed by atoms with Crippen LogP contribution >= 0.6 is 34.2 Å². The number of hydrogen-bond donors (Lipinski definition) is 0. The lowest BCUT2D eigenvalue weighted by Gasteiger charge is -2.18. The summed E-state index contributed by atoms with van der Waals surface area (Å²) in [5.41, 5.74) is 0.753. The Hall–Kier alpha value is -0.290. The minimum absolute atomic E-state index is 0.149. The average Bonchev–Trinajstić information content (AvgIpc) is 2.91. The number of hydrogen-bond acceptors (Lipinski definition) is 1. The summed E-state index contributed by atoms with van der Waals surface area (Å²) >= 11 is 8.20. The predicted molar refractivity (Wildman–Crippen MR) is 80.9 cm³/mol. The molecule has 1 aliphatic carbocycles. The molecule has 2 aliphatic rings. The van der Waals surface area contributed by atoms with E-state index in [2.05, 4.69) is 22.6 Å². The number of rotatable bonds is 1. The Labute approximate surface area is 126 Å². The van der Waals surface area contributed by atoms with Gasteiger partial charge < -0.3 is 4.90 Å². The number of likely N-dealkylation sites (tertiary alicyclic amines) is 1. The van der Waals surface area contributed by atoms with Crippen LogP contribution in [0.25, 0.3) is 0 Å². The summed E-state index contributed by atoms with van der Waals surface area (Å²) in [7, 11) is 0. The molecule has 2 fully saturated rings. The molecule has 1 saturated carbocycles. The van der Waals surface area contributed by atoms with Crippen molar-refractivity contribution in [1.29, 1.82) is 0 Å². The van der Waals surface area contributed by atoms with Gasteiger partial charge in [-0.3, -0.25) is 4.79 Å². The minimum atomic E-state index is 0.149. The van der Waals surface area contributed by atoms with E-state index in [0.717, 1.165) is 34.1 Å². The second kappa shape index (κ2) is 5.00. The van der Waals surface area contributed by atoms with Crippen molar-refractivity contribution in [3.05, 3.63) is 32.4 Å². The number of halogens is 2. The maximum absolute atomic E-state index is 12.5. The van der Waals surface area contributed by atoms with E-state index < -0.39 is 0 Å². The Bertz CT molecular complexity index is 479. The van der Waals surface area contributed by atoms with Crippen LogP contribution in [0, 0.1) is 15.4 Å². The summed E-state index contributed by atoms with van der Waals surface area (Å²) < 4.78 is 0.985. The molecule has 0 spiro atoms. The Morgan fingerprint density at radius 1 is 1.28 bits per heavy atom. The van der Waals surface area contributed by atoms with Crippen molar-refractivity contribution in [2.24, 2.45) is 11.8 Å². The zero-order chi connectivity index (χ0) is 12.7. The molecule has 4 heteroatoms. The lowest BCUT2D eigenvalue weighted by molar-refractivity contribution is 0.0779. The highest BCUT2D eigenvalue weighted by Crippen LogP contribution is 2.38. The van der Waals surface area contributed by atoms with E-state index in [9.17, 15) is 4.79 Å². The molecule has 1 aromatic rings. The molecule has 96 valence electrons. The maximum atomic E-state index is 12.5. The predicted octanol–water partition coefficient (Wildman–Crippen LogP) is 3.82. The van der Waals surface area contributed by atoms with Gasteiger partial charge in [0.25, 0.3) is 5.91 Å². The standard InChI is InChI=1S/C14H15ClINO/c15-11-4-5-13(16)12(6-11)14(18)17-7-9-2-1-3-10(9)8-17/h4-6,9-10H,1-3,7-8H2. The highest BCUT2D eigenvalue weighted by atomic mass is 127. The minimum Gasteiger partial charge on any atom is -0.338 e. The van der Waals surface area contributed by atoms with Gasteiger partial charge in [0.15, 0.2) is 0 Å². The molecule has 1 amide bonds. The van der Waals surface area contributed by atoms with Crippen LogP contribution in [0.2, 0.25) is 5.02 Å². The topological polar surface area (TPSA) is 20.3 Å². The Morgan fingerprint density at radius 3 is 2.61 bits per heavy atom. The summed E-state index contributed by atoms with van der Waals surface area (Å²) in [5, 5.41) is 0.637. The van der Waals surface area contributed by atoms with Crippen molar-refractivity contribution in [2.75, 3.05) is 13.1 Å². The first-order valence-electron chi connectivity index (χ1n) is 6.39. The van der Waals surface area contributed by atoms with Crippen molar-refractivity contribution >= 4 is 40.1 Å². The first kappa shape index (κ1) is 12.7. The molecular weight excluding hydrogens is 361 g/mol. The van der Waals surface area contributed by atoms with Crippen LogP contribution in [-0.2, 0) is 0 Å². The summed E-state index contributed by atoms with van der Waals surface area (Å²) in [6.07, 6.45) is 3.92. The Kier molecular flexibility index (Phi) is 3.54. The highest BCUT2D eigenvalue weighted by molar-refractivity contribution is 14.1. The van der Waals surface area contributed by atoms with Crippen LogP contribution < -0.4 is 0 Å². The van der Waals surface area contributed by atoms with Gasteiger partial charge in [0.1, 0.15) is 0 Å². The fourth-order valence-electron chi connectivity index (χ4n) is 3.23. The molecule has 2 atom stereocenters. The summed E-state index contributed by atoms with van der Waals surface area (Å²) in [4.78, 5) is 14.5. The van der Waals surface area contributed by atoms with E-state index in [1.165, 1.54) is 19.3 Å². The maximum Gasteiger partial charge on any atom is 0.254 e. The molecule has 1 aliphatic heterocycles. The van der Waals surface area contributed by atoms with E-state index >= 15 is 0 Å². The molecule has 18 heavy (non-hydrogen) atoms. The molecule has 1 saturated heterocycles. The van der Waals surface area contributed by atoms with Gasteiger partial charge in [-0.1, -0.05) is 18.0 Å². The first-order valence-corrected chi connectivity index (χ1v) is 7.85. The summed E-state index contributed by atoms with van der Waals surface area (Å²) in [6, 6.07) is 5.53. The molecule has 0 N–H and O–H groups in total. The van der Waals surface area contributed by atoms with Crippen molar-refractivity contribution in [1.82, 2.24) is 4.90 Å². The van der Waals surface area contributed by atoms with Crippen LogP contribution in [0.3, 0.4) is 0 Å². The third-order valence-corrected chi connectivity index (χ3v) is 5.35. The van der Waals surface area contributed by atoms with Gasteiger partial charge in [0.05, 0.1) is 5.56 Å². The zero-order valence-electron chi connectivity index (χ0n) is 10.0. The number of carbonyl (C=O) groups is 1. The van der Waals surface area contributed by atoms with Crippen molar-refractivity contribution < 1.29 is 4.79 Å². The lowest BCUT2D eigenvalue weighted by Crippen LogP contribution is -2.30. The molecule has 1 aromatic carbocycles. The van der Waals surface area contributed by atoms with Gasteiger partial charge >= 0.3 is 0 Å². The zero-order valence-corrected chi connectivity index (χ0v) is 12.9. The summed E-state index contributed by atoms with van der Waals surface area (Å²) in [6.45, 7) is 1.87. The largest absolute Gasteiger partial charge is 0.338 e. The second-order valence-corrected chi connectivity index (χ2v) is 6.88. The third kappa shape index (κ3) is 2.27. The van der Waals surface area contributed by atoms with Crippen molar-refractivity contribution in [3.8, 4) is 0 Å². The van der Waals surface area contributed by atoms with Crippen molar-refractivity contribution in [2.45, 2.75) is 19.3 Å². The molecule has 2 nitrogen and oxygen atoms in total. The lowest BCUT2D eigenvalue weighted by atomic mass is 10.0. The van der Waals surface area contributed by atoms with Gasteiger partial charge in [0, 0.05) is 21.7 Å². The van der Waals surface area contributed by atoms with Crippen molar-refractivity contribution in [3.63, 3.8) is 0 Å². The van der Waals surface area contributed by atoms with E-state index in [-0.39, 0.29) is 5.91 Å². The van der Waals surface area contributed by atoms with Crippen LogP contribution in [0.4, 0.5) is 0 Å². The van der Waals surface area contributed by atoms with Gasteiger partial charge in [-0.25, -0.2) is 0 Å². The summed E-state index contributed by atoms with van der Waals surface area (Å²) in [5.74, 6) is 1.63. The smallest absolute Gasteiger partial charge is 0.254 e. The Balaban J connectivity index is 1.81. The quantitative estimate of drug-likeness (QED) is 0.684. The van der Waals surface area contributed by atoms with E-state index in [1.807, 2.05) is 17.0 Å². The molecule has 2 unspecified atom stereocenters. The molecule has 0 aromatic heterocycles. The van der Waals surface area contributed by atoms with Gasteiger partial charge in [-0.2, -0.15) is 0 Å². The second-order valence-electron chi connectivity index (χ2n) is 5.29. The van der Waals surface area contributed by atoms with E-state index in [1.54, 1.807) is 6.07 Å². The molecule has 0 bridgehead atoms. The highest BCUT2D eigenvalue weighted by Gasteiger charge is 2.38. The SMILES string of the molecule is O=C(c1cc(Cl)ccc1I)N1CC2CCCC2C1. The molecule has 3 rings (SSSR count). The number of amides is 1. The van der Waals surface area contributed by atoms with Gasteiger partial charge in [0.2, 0.25) is 0 Å². The normalized spacial score (nSPS) is 26.4. The number of fused-ring (bicyclic) bond motifs is 1. The molecule has 1 heterocycles. The number of nitrogens with zero attached hydrogens (tertiary/aromatic N) is 1. The molecule has 0 radical (unpaired) electrons.